The van der Waals surface area contributed by atoms with E-state index in [0.717, 1.165) is 0 Å². The summed E-state index contributed by atoms with van der Waals surface area (Å²) in [7, 11) is 5.63. The van der Waals surface area contributed by atoms with Crippen LogP contribution in [0.3, 0.4) is 0 Å². The number of hydrogen-bond acceptors (Lipinski definition) is 3. The molecule has 0 unspecified atom stereocenters. The Morgan fingerprint density at radius 1 is 1.54 bits per heavy atom. The highest BCUT2D eigenvalue weighted by atomic mass is 16.5. The van der Waals surface area contributed by atoms with Gasteiger partial charge in [0.05, 0.1) is 5.69 Å². The van der Waals surface area contributed by atoms with E-state index in [1.807, 2.05) is 0 Å². The Bertz CT molecular complexity index is 379. The fourth-order valence-electron chi connectivity index (χ4n) is 1.25. The average molecular weight is 174 g/mol. The highest BCUT2D eigenvalue weighted by molar-refractivity contribution is 6.35. The van der Waals surface area contributed by atoms with Crippen LogP contribution in [0, 0.1) is 0 Å². The van der Waals surface area contributed by atoms with E-state index >= 15 is 0 Å². The molecule has 2 rings (SSSR count). The minimum absolute atomic E-state index is 0.00111. The molecule has 13 heavy (non-hydrogen) atoms. The molecule has 0 atom stereocenters. The summed E-state index contributed by atoms with van der Waals surface area (Å²) in [6, 6.07) is 3.21. The zero-order valence-electron chi connectivity index (χ0n) is 6.83. The Kier molecular flexibility index (Phi) is 1.65. The third-order valence-corrected chi connectivity index (χ3v) is 1.76. The predicted molar refractivity (Wildman–Crippen MR) is 50.4 cm³/mol. The molecule has 1 aromatic carbocycles. The van der Waals surface area contributed by atoms with Crippen LogP contribution in [0.2, 0.25) is 0 Å². The number of benzene rings is 1. The second-order valence-electron chi connectivity index (χ2n) is 2.82. The highest BCUT2D eigenvalue weighted by Crippen LogP contribution is 2.26. The van der Waals surface area contributed by atoms with E-state index in [2.05, 4.69) is 5.32 Å². The van der Waals surface area contributed by atoms with Crippen LogP contribution in [0.15, 0.2) is 12.1 Å². The molecule has 0 saturated heterocycles. The molecular weight excluding hydrogens is 167 g/mol. The average Bonchev–Trinajstić information content (AvgIpc) is 2.02. The maximum atomic E-state index is 10.9. The number of rotatable bonds is 0. The Morgan fingerprint density at radius 3 is 3.08 bits per heavy atom. The van der Waals surface area contributed by atoms with Gasteiger partial charge < -0.3 is 15.8 Å². The second-order valence-corrected chi connectivity index (χ2v) is 2.82. The van der Waals surface area contributed by atoms with Crippen molar-refractivity contribution in [3.8, 4) is 5.75 Å². The van der Waals surface area contributed by atoms with Crippen molar-refractivity contribution in [2.24, 2.45) is 0 Å². The Morgan fingerprint density at radius 2 is 2.31 bits per heavy atom. The summed E-state index contributed by atoms with van der Waals surface area (Å²) >= 11 is 0. The number of amides is 1. The lowest BCUT2D eigenvalue weighted by Crippen LogP contribution is -2.29. The predicted octanol–water partition coefficient (Wildman–Crippen LogP) is -0.607. The van der Waals surface area contributed by atoms with Gasteiger partial charge in [0.25, 0.3) is 5.91 Å². The molecule has 0 bridgehead atoms. The maximum absolute atomic E-state index is 10.9. The van der Waals surface area contributed by atoms with E-state index in [1.54, 1.807) is 12.1 Å². The van der Waals surface area contributed by atoms with Gasteiger partial charge in [-0.2, -0.15) is 0 Å². The molecule has 0 saturated carbocycles. The van der Waals surface area contributed by atoms with Gasteiger partial charge in [-0.25, -0.2) is 0 Å². The van der Waals surface area contributed by atoms with Gasteiger partial charge in [0.2, 0.25) is 0 Å². The van der Waals surface area contributed by atoms with Crippen LogP contribution in [-0.4, -0.2) is 20.4 Å². The largest absolute Gasteiger partial charge is 0.482 e. The number of ether oxygens (including phenoxy) is 1. The molecule has 1 aliphatic heterocycles. The number of nitrogens with one attached hydrogen (secondary N) is 1. The number of nitrogens with two attached hydrogens (primary N) is 1. The zero-order valence-corrected chi connectivity index (χ0v) is 6.83. The van der Waals surface area contributed by atoms with Crippen LogP contribution in [0.1, 0.15) is 0 Å². The summed E-state index contributed by atoms with van der Waals surface area (Å²) in [5, 5.41) is 2.62. The summed E-state index contributed by atoms with van der Waals surface area (Å²) in [5.74, 6) is 0.298. The quantitative estimate of drug-likeness (QED) is 0.407. The van der Waals surface area contributed by atoms with Gasteiger partial charge in [-0.3, -0.25) is 4.79 Å². The standard InChI is InChI=1S/C8H7BN2O2/c9-5-1-4(10)2-6-8(5)13-3-7(12)11-6/h1-2H,3,10H2,(H,11,12). The van der Waals surface area contributed by atoms with Gasteiger partial charge in [0.15, 0.2) is 6.61 Å². The summed E-state index contributed by atoms with van der Waals surface area (Å²) in [5.41, 5.74) is 7.02. The molecule has 1 amide bonds. The molecule has 3 N–H and O–H groups in total. The molecule has 0 fully saturated rings. The second kappa shape index (κ2) is 2.69. The summed E-state index contributed by atoms with van der Waals surface area (Å²) in [6.07, 6.45) is 0. The molecular formula is C8H7BN2O2. The Labute approximate surface area is 76.5 Å². The van der Waals surface area contributed by atoms with Gasteiger partial charge >= 0.3 is 0 Å². The van der Waals surface area contributed by atoms with E-state index in [0.29, 0.717) is 22.6 Å². The van der Waals surface area contributed by atoms with Gasteiger partial charge in [-0.05, 0) is 12.1 Å². The first-order valence-electron chi connectivity index (χ1n) is 3.78. The third kappa shape index (κ3) is 1.33. The lowest BCUT2D eigenvalue weighted by Gasteiger charge is -2.20. The minimum Gasteiger partial charge on any atom is -0.482 e. The number of fused-ring (bicyclic) bond motifs is 1. The van der Waals surface area contributed by atoms with Crippen LogP contribution in [-0.2, 0) is 4.79 Å². The molecule has 4 nitrogen and oxygen atoms in total. The van der Waals surface area contributed by atoms with Crippen LogP contribution in [0.25, 0.3) is 0 Å². The topological polar surface area (TPSA) is 64.3 Å². The molecule has 5 heteroatoms. The number of carbonyl (C=O) groups is 1. The first kappa shape index (κ1) is 7.98. The minimum atomic E-state index is -0.197. The van der Waals surface area contributed by atoms with E-state index in [-0.39, 0.29) is 12.5 Å². The van der Waals surface area contributed by atoms with Crippen molar-refractivity contribution in [1.82, 2.24) is 0 Å². The first-order chi connectivity index (χ1) is 6.16. The van der Waals surface area contributed by atoms with Crippen molar-refractivity contribution in [2.75, 3.05) is 17.7 Å². The third-order valence-electron chi connectivity index (χ3n) is 1.76. The summed E-state index contributed by atoms with van der Waals surface area (Å²) < 4.78 is 5.13. The zero-order chi connectivity index (χ0) is 9.42. The number of anilines is 2. The Hall–Kier alpha value is -1.65. The van der Waals surface area contributed by atoms with Crippen LogP contribution >= 0.6 is 0 Å². The van der Waals surface area contributed by atoms with Gasteiger partial charge in [0.1, 0.15) is 13.6 Å². The van der Waals surface area contributed by atoms with Gasteiger partial charge in [-0.1, -0.05) is 5.46 Å². The number of carbonyl (C=O) groups excluding carboxylic acids is 1. The smallest absolute Gasteiger partial charge is 0.262 e. The monoisotopic (exact) mass is 174 g/mol. The molecule has 0 aromatic heterocycles. The van der Waals surface area contributed by atoms with Crippen molar-refractivity contribution in [1.29, 1.82) is 0 Å². The van der Waals surface area contributed by atoms with Crippen LogP contribution in [0.4, 0.5) is 11.4 Å². The highest BCUT2D eigenvalue weighted by Gasteiger charge is 2.17. The molecule has 1 heterocycles. The normalized spacial score (nSPS) is 14.3. The first-order valence-corrected chi connectivity index (χ1v) is 3.78. The van der Waals surface area contributed by atoms with Crippen molar-refractivity contribution in [2.45, 2.75) is 0 Å². The van der Waals surface area contributed by atoms with Gasteiger partial charge in [0, 0.05) is 5.69 Å². The lowest BCUT2D eigenvalue weighted by atomic mass is 9.93. The van der Waals surface area contributed by atoms with Crippen LogP contribution in [0.5, 0.6) is 5.75 Å². The lowest BCUT2D eigenvalue weighted by molar-refractivity contribution is -0.118. The summed E-state index contributed by atoms with van der Waals surface area (Å²) in [4.78, 5) is 10.9. The van der Waals surface area contributed by atoms with Crippen molar-refractivity contribution >= 4 is 30.6 Å². The number of nitrogen functional groups attached to an aromatic ring is 1. The molecule has 1 aromatic rings. The Balaban J connectivity index is 2.53. The van der Waals surface area contributed by atoms with E-state index < -0.39 is 0 Å². The molecule has 0 aliphatic carbocycles. The van der Waals surface area contributed by atoms with Crippen molar-refractivity contribution < 1.29 is 9.53 Å². The molecule has 1 aliphatic rings. The summed E-state index contributed by atoms with van der Waals surface area (Å²) in [6.45, 7) is 0.00111. The van der Waals surface area contributed by atoms with E-state index in [4.69, 9.17) is 18.3 Å². The van der Waals surface area contributed by atoms with Crippen molar-refractivity contribution in [3.05, 3.63) is 12.1 Å². The van der Waals surface area contributed by atoms with E-state index in [1.165, 1.54) is 0 Å². The SMILES string of the molecule is [B]c1cc(N)cc2c1OCC(=O)N2. The van der Waals surface area contributed by atoms with Gasteiger partial charge in [-0.15, -0.1) is 0 Å². The fraction of sp³-hybridized carbons (Fsp3) is 0.125. The molecule has 64 valence electrons. The van der Waals surface area contributed by atoms with Crippen molar-refractivity contribution in [3.63, 3.8) is 0 Å². The maximum Gasteiger partial charge on any atom is 0.262 e. The molecule has 2 radical (unpaired) electrons. The number of hydrogen-bond donors (Lipinski definition) is 2. The molecule has 0 spiro atoms. The van der Waals surface area contributed by atoms with E-state index in [9.17, 15) is 4.79 Å². The fourth-order valence-corrected chi connectivity index (χ4v) is 1.25. The van der Waals surface area contributed by atoms with Crippen LogP contribution < -0.4 is 21.3 Å².